The first kappa shape index (κ1) is 12.5. The number of morpholine rings is 1. The van der Waals surface area contributed by atoms with Crippen LogP contribution < -0.4 is 0 Å². The Morgan fingerprint density at radius 1 is 1.53 bits per heavy atom. The molecule has 0 aromatic rings. The molecule has 0 aromatic heterocycles. The van der Waals surface area contributed by atoms with Crippen LogP contribution in [0, 0.1) is 0 Å². The lowest BCUT2D eigenvalue weighted by Crippen LogP contribution is -2.47. The summed E-state index contributed by atoms with van der Waals surface area (Å²) in [6.07, 6.45) is 1.68. The molecular weight excluding hydrogens is 194 g/mol. The Hall–Kier alpha value is -0.610. The van der Waals surface area contributed by atoms with E-state index in [-0.39, 0.29) is 5.97 Å². The number of rotatable bonds is 4. The predicted octanol–water partition coefficient (Wildman–Crippen LogP) is 1.05. The first-order valence-corrected chi connectivity index (χ1v) is 5.56. The van der Waals surface area contributed by atoms with Gasteiger partial charge in [0.05, 0.1) is 19.8 Å². The van der Waals surface area contributed by atoms with Crippen LogP contribution in [-0.2, 0) is 14.3 Å². The summed E-state index contributed by atoms with van der Waals surface area (Å²) >= 11 is 0. The van der Waals surface area contributed by atoms with Crippen molar-refractivity contribution in [2.45, 2.75) is 38.8 Å². The van der Waals surface area contributed by atoms with E-state index in [0.717, 1.165) is 26.1 Å². The summed E-state index contributed by atoms with van der Waals surface area (Å²) in [4.78, 5) is 13.3. The molecule has 88 valence electrons. The maximum Gasteiger partial charge on any atom is 0.305 e. The lowest BCUT2D eigenvalue weighted by molar-refractivity contribution is -0.140. The van der Waals surface area contributed by atoms with Crippen LogP contribution in [0.1, 0.15) is 26.7 Å². The number of carbonyl (C=O) groups is 1. The van der Waals surface area contributed by atoms with Crippen LogP contribution in [0.25, 0.3) is 0 Å². The van der Waals surface area contributed by atoms with E-state index in [1.54, 1.807) is 0 Å². The van der Waals surface area contributed by atoms with Gasteiger partial charge < -0.3 is 9.47 Å². The second-order valence-electron chi connectivity index (χ2n) is 4.17. The van der Waals surface area contributed by atoms with Crippen LogP contribution >= 0.6 is 0 Å². The Balaban J connectivity index is 2.21. The van der Waals surface area contributed by atoms with Gasteiger partial charge in [-0.15, -0.1) is 0 Å². The molecule has 4 heteroatoms. The molecule has 1 aliphatic heterocycles. The van der Waals surface area contributed by atoms with Crippen LogP contribution in [0.3, 0.4) is 0 Å². The monoisotopic (exact) mass is 215 g/mol. The molecule has 2 unspecified atom stereocenters. The standard InChI is InChI=1S/C11H21NO3/c1-9-8-15-10(2)7-12(9)6-4-5-11(13)14-3/h9-10H,4-8H2,1-3H3. The number of carbonyl (C=O) groups excluding carboxylic acids is 1. The van der Waals surface area contributed by atoms with Gasteiger partial charge in [-0.25, -0.2) is 0 Å². The van der Waals surface area contributed by atoms with Gasteiger partial charge in [-0.2, -0.15) is 0 Å². The van der Waals surface area contributed by atoms with Gasteiger partial charge in [0.1, 0.15) is 0 Å². The number of nitrogens with zero attached hydrogens (tertiary/aromatic N) is 1. The molecule has 0 N–H and O–H groups in total. The molecule has 1 rings (SSSR count). The highest BCUT2D eigenvalue weighted by Crippen LogP contribution is 2.12. The summed E-state index contributed by atoms with van der Waals surface area (Å²) in [5.74, 6) is -0.121. The topological polar surface area (TPSA) is 38.8 Å². The Morgan fingerprint density at radius 3 is 2.93 bits per heavy atom. The Kier molecular flexibility index (Phi) is 5.05. The largest absolute Gasteiger partial charge is 0.469 e. The van der Waals surface area contributed by atoms with E-state index in [1.165, 1.54) is 7.11 Å². The van der Waals surface area contributed by atoms with Crippen molar-refractivity contribution >= 4 is 5.97 Å². The molecule has 0 spiro atoms. The number of hydrogen-bond donors (Lipinski definition) is 0. The summed E-state index contributed by atoms with van der Waals surface area (Å²) in [5, 5.41) is 0. The average molecular weight is 215 g/mol. The molecule has 4 nitrogen and oxygen atoms in total. The zero-order valence-electron chi connectivity index (χ0n) is 9.86. The highest BCUT2D eigenvalue weighted by atomic mass is 16.5. The van der Waals surface area contributed by atoms with Gasteiger partial charge in [0.2, 0.25) is 0 Å². The quantitative estimate of drug-likeness (QED) is 0.657. The van der Waals surface area contributed by atoms with Crippen molar-refractivity contribution < 1.29 is 14.3 Å². The van der Waals surface area contributed by atoms with Gasteiger partial charge in [0, 0.05) is 19.0 Å². The van der Waals surface area contributed by atoms with E-state index < -0.39 is 0 Å². The fourth-order valence-corrected chi connectivity index (χ4v) is 1.81. The number of esters is 1. The highest BCUT2D eigenvalue weighted by Gasteiger charge is 2.22. The van der Waals surface area contributed by atoms with Crippen molar-refractivity contribution in [1.82, 2.24) is 4.90 Å². The van der Waals surface area contributed by atoms with E-state index in [9.17, 15) is 4.79 Å². The molecule has 1 fully saturated rings. The van der Waals surface area contributed by atoms with E-state index in [4.69, 9.17) is 4.74 Å². The van der Waals surface area contributed by atoms with E-state index in [1.807, 2.05) is 0 Å². The molecule has 0 saturated carbocycles. The van der Waals surface area contributed by atoms with Crippen molar-refractivity contribution in [2.24, 2.45) is 0 Å². The third-order valence-electron chi connectivity index (χ3n) is 2.79. The van der Waals surface area contributed by atoms with Gasteiger partial charge >= 0.3 is 5.97 Å². The first-order chi connectivity index (χ1) is 7.13. The van der Waals surface area contributed by atoms with Crippen molar-refractivity contribution in [3.8, 4) is 0 Å². The van der Waals surface area contributed by atoms with Gasteiger partial charge in [0.15, 0.2) is 0 Å². The maximum atomic E-state index is 10.9. The summed E-state index contributed by atoms with van der Waals surface area (Å²) in [7, 11) is 1.43. The third-order valence-corrected chi connectivity index (χ3v) is 2.79. The molecule has 1 saturated heterocycles. The minimum absolute atomic E-state index is 0.121. The molecule has 0 aromatic carbocycles. The van der Waals surface area contributed by atoms with Crippen LogP contribution in [-0.4, -0.2) is 49.8 Å². The van der Waals surface area contributed by atoms with Crippen molar-refractivity contribution in [3.05, 3.63) is 0 Å². The van der Waals surface area contributed by atoms with Crippen LogP contribution in [0.15, 0.2) is 0 Å². The first-order valence-electron chi connectivity index (χ1n) is 5.56. The highest BCUT2D eigenvalue weighted by molar-refractivity contribution is 5.69. The second kappa shape index (κ2) is 6.08. The summed E-state index contributed by atoms with van der Waals surface area (Å²) < 4.78 is 10.1. The SMILES string of the molecule is COC(=O)CCCN1CC(C)OCC1C. The predicted molar refractivity (Wildman–Crippen MR) is 57.7 cm³/mol. The zero-order valence-corrected chi connectivity index (χ0v) is 9.86. The zero-order chi connectivity index (χ0) is 11.3. The lowest BCUT2D eigenvalue weighted by atomic mass is 10.2. The fourth-order valence-electron chi connectivity index (χ4n) is 1.81. The molecule has 0 bridgehead atoms. The fraction of sp³-hybridized carbons (Fsp3) is 0.909. The second-order valence-corrected chi connectivity index (χ2v) is 4.17. The number of ether oxygens (including phenoxy) is 2. The molecular formula is C11H21NO3. The number of methoxy groups -OCH3 is 1. The Labute approximate surface area is 91.5 Å². The van der Waals surface area contributed by atoms with Crippen molar-refractivity contribution in [2.75, 3.05) is 26.8 Å². The third kappa shape index (κ3) is 4.18. The lowest BCUT2D eigenvalue weighted by Gasteiger charge is -2.36. The summed E-state index contributed by atoms with van der Waals surface area (Å²) in [6, 6.07) is 0.457. The van der Waals surface area contributed by atoms with Gasteiger partial charge in [-0.05, 0) is 26.8 Å². The molecule has 0 aliphatic carbocycles. The molecule has 0 amide bonds. The van der Waals surface area contributed by atoms with Gasteiger partial charge in [0.25, 0.3) is 0 Å². The van der Waals surface area contributed by atoms with E-state index in [2.05, 4.69) is 23.5 Å². The number of hydrogen-bond acceptors (Lipinski definition) is 4. The summed E-state index contributed by atoms with van der Waals surface area (Å²) in [5.41, 5.74) is 0. The minimum Gasteiger partial charge on any atom is -0.469 e. The average Bonchev–Trinajstić information content (AvgIpc) is 2.23. The molecule has 0 radical (unpaired) electrons. The normalized spacial score (nSPS) is 27.7. The molecule has 15 heavy (non-hydrogen) atoms. The van der Waals surface area contributed by atoms with Crippen LogP contribution in [0.5, 0.6) is 0 Å². The van der Waals surface area contributed by atoms with E-state index in [0.29, 0.717) is 18.6 Å². The smallest absolute Gasteiger partial charge is 0.305 e. The molecule has 1 aliphatic rings. The van der Waals surface area contributed by atoms with E-state index >= 15 is 0 Å². The summed E-state index contributed by atoms with van der Waals surface area (Å²) in [6.45, 7) is 6.94. The maximum absolute atomic E-state index is 10.9. The Morgan fingerprint density at radius 2 is 2.27 bits per heavy atom. The molecule has 2 atom stereocenters. The van der Waals surface area contributed by atoms with Crippen LogP contribution in [0.4, 0.5) is 0 Å². The van der Waals surface area contributed by atoms with Gasteiger partial charge in [-0.1, -0.05) is 0 Å². The van der Waals surface area contributed by atoms with Crippen LogP contribution in [0.2, 0.25) is 0 Å². The van der Waals surface area contributed by atoms with Crippen molar-refractivity contribution in [1.29, 1.82) is 0 Å². The van der Waals surface area contributed by atoms with Crippen molar-refractivity contribution in [3.63, 3.8) is 0 Å². The molecule has 1 heterocycles. The Bertz CT molecular complexity index is 208. The van der Waals surface area contributed by atoms with Gasteiger partial charge in [-0.3, -0.25) is 9.69 Å². The minimum atomic E-state index is -0.121.